The summed E-state index contributed by atoms with van der Waals surface area (Å²) in [5.41, 5.74) is 3.93. The summed E-state index contributed by atoms with van der Waals surface area (Å²) in [6, 6.07) is 17.3. The van der Waals surface area contributed by atoms with Gasteiger partial charge >= 0.3 is 0 Å². The van der Waals surface area contributed by atoms with Gasteiger partial charge in [0, 0.05) is 23.6 Å². The number of rotatable bonds is 6. The summed E-state index contributed by atoms with van der Waals surface area (Å²) < 4.78 is 35.8. The van der Waals surface area contributed by atoms with E-state index in [2.05, 4.69) is 95.1 Å². The lowest BCUT2D eigenvalue weighted by molar-refractivity contribution is -0.665. The molecule has 0 atom stereocenters. The largest absolute Gasteiger partial charge is 0.726 e. The van der Waals surface area contributed by atoms with Crippen molar-refractivity contribution < 1.29 is 21.7 Å². The van der Waals surface area contributed by atoms with Crippen molar-refractivity contribution in [3.63, 3.8) is 0 Å². The number of hydrogen-bond acceptors (Lipinski definition) is 7. The molecule has 0 unspecified atom stereocenters. The Hall–Kier alpha value is -2.17. The molecule has 176 valence electrons. The van der Waals surface area contributed by atoms with Gasteiger partial charge in [0.25, 0.3) is 5.01 Å². The summed E-state index contributed by atoms with van der Waals surface area (Å²) in [6.45, 7) is 9.94. The van der Waals surface area contributed by atoms with E-state index in [9.17, 15) is 13.0 Å². The highest BCUT2D eigenvalue weighted by Crippen LogP contribution is 2.45. The smallest absolute Gasteiger partial charge is 0.262 e. The first-order chi connectivity index (χ1) is 15.8. The lowest BCUT2D eigenvalue weighted by Gasteiger charge is -2.17. The Kier molecular flexibility index (Phi) is 8.72. The normalized spacial score (nSPS) is 15.0. The summed E-state index contributed by atoms with van der Waals surface area (Å²) in [5.74, 6) is 0. The standard InChI is InChI=1S/C22H23N2S2.C2H6O4S/c1-4-23-17-10-6-8-12-19(17)25-21(23)14-16(3)15-22-24(5-2)18-11-7-9-13-20(18)26-22;1-2-6-7(3,4)5/h6-15H,4-5H2,1-3H3;2H2,1H3,(H,3,4,5)/q+1;/p-1. The third kappa shape index (κ3) is 6.45. The number of fused-ring (bicyclic) bond motifs is 2. The van der Waals surface area contributed by atoms with Crippen LogP contribution in [0.25, 0.3) is 16.3 Å². The van der Waals surface area contributed by atoms with E-state index in [4.69, 9.17) is 0 Å². The Bertz CT molecular complexity index is 1280. The van der Waals surface area contributed by atoms with Crippen LogP contribution in [-0.4, -0.2) is 26.1 Å². The van der Waals surface area contributed by atoms with Gasteiger partial charge in [0.2, 0.25) is 15.9 Å². The molecule has 33 heavy (non-hydrogen) atoms. The molecule has 1 aliphatic heterocycles. The zero-order valence-corrected chi connectivity index (χ0v) is 21.6. The molecule has 6 nitrogen and oxygen atoms in total. The highest BCUT2D eigenvalue weighted by molar-refractivity contribution is 8.03. The Balaban J connectivity index is 0.000000383. The quantitative estimate of drug-likeness (QED) is 0.248. The summed E-state index contributed by atoms with van der Waals surface area (Å²) in [4.78, 5) is 3.75. The molecule has 3 aromatic rings. The number of thioether (sulfide) groups is 1. The van der Waals surface area contributed by atoms with Crippen LogP contribution in [0.4, 0.5) is 5.69 Å². The lowest BCUT2D eigenvalue weighted by Crippen LogP contribution is -2.33. The molecule has 0 spiro atoms. The van der Waals surface area contributed by atoms with Crippen LogP contribution >= 0.6 is 23.1 Å². The minimum Gasteiger partial charge on any atom is -0.726 e. The zero-order valence-electron chi connectivity index (χ0n) is 19.1. The maximum absolute atomic E-state index is 9.45. The minimum absolute atomic E-state index is 0.0914. The van der Waals surface area contributed by atoms with E-state index in [1.165, 1.54) is 43.3 Å². The molecule has 0 radical (unpaired) electrons. The summed E-state index contributed by atoms with van der Waals surface area (Å²) in [5, 5.41) is 2.62. The molecule has 0 bridgehead atoms. The molecule has 2 heterocycles. The maximum atomic E-state index is 9.45. The van der Waals surface area contributed by atoms with Crippen LogP contribution < -0.4 is 9.47 Å². The van der Waals surface area contributed by atoms with Gasteiger partial charge in [0.1, 0.15) is 11.2 Å². The number of nitrogens with zero attached hydrogens (tertiary/aromatic N) is 2. The van der Waals surface area contributed by atoms with E-state index in [0.717, 1.165) is 13.1 Å². The third-order valence-corrected chi connectivity index (χ3v) is 7.62. The Morgan fingerprint density at radius 2 is 1.82 bits per heavy atom. The second kappa shape index (κ2) is 11.3. The highest BCUT2D eigenvalue weighted by Gasteiger charge is 2.23. The van der Waals surface area contributed by atoms with Crippen LogP contribution in [0.1, 0.15) is 32.7 Å². The number of benzene rings is 2. The van der Waals surface area contributed by atoms with E-state index in [1.807, 2.05) is 23.1 Å². The zero-order chi connectivity index (χ0) is 24.0. The Morgan fingerprint density at radius 3 is 2.45 bits per heavy atom. The second-order valence-electron chi connectivity index (χ2n) is 7.15. The van der Waals surface area contributed by atoms with Gasteiger partial charge in [-0.15, -0.1) is 0 Å². The number of anilines is 1. The number of para-hydroxylation sites is 2. The number of hydrogen-bond donors (Lipinski definition) is 0. The van der Waals surface area contributed by atoms with Crippen LogP contribution in [0.5, 0.6) is 0 Å². The predicted molar refractivity (Wildman–Crippen MR) is 136 cm³/mol. The maximum Gasteiger partial charge on any atom is 0.262 e. The molecule has 0 saturated carbocycles. The fraction of sp³-hybridized carbons (Fsp3) is 0.292. The van der Waals surface area contributed by atoms with E-state index in [-0.39, 0.29) is 6.61 Å². The predicted octanol–water partition coefficient (Wildman–Crippen LogP) is 5.57. The molecule has 0 fully saturated rings. The molecule has 0 N–H and O–H groups in total. The molecule has 9 heteroatoms. The average molecular weight is 505 g/mol. The van der Waals surface area contributed by atoms with E-state index in [0.29, 0.717) is 0 Å². The van der Waals surface area contributed by atoms with Crippen molar-refractivity contribution in [2.24, 2.45) is 0 Å². The summed E-state index contributed by atoms with van der Waals surface area (Å²) >= 11 is 3.73. The Labute approximate surface area is 204 Å². The average Bonchev–Trinajstić information content (AvgIpc) is 3.29. The van der Waals surface area contributed by atoms with Gasteiger partial charge in [-0.25, -0.2) is 8.42 Å². The van der Waals surface area contributed by atoms with Crippen LogP contribution in [-0.2, 0) is 21.1 Å². The van der Waals surface area contributed by atoms with Crippen molar-refractivity contribution in [3.8, 4) is 0 Å². The fourth-order valence-corrected chi connectivity index (χ4v) is 6.31. The topological polar surface area (TPSA) is 73.5 Å². The van der Waals surface area contributed by atoms with Gasteiger partial charge in [-0.05, 0) is 57.5 Å². The first-order valence-corrected chi connectivity index (χ1v) is 13.7. The molecule has 1 aliphatic rings. The molecular formula is C24H28N2O4S3. The molecule has 0 aliphatic carbocycles. The van der Waals surface area contributed by atoms with Gasteiger partial charge in [0.15, 0.2) is 0 Å². The first-order valence-electron chi connectivity index (χ1n) is 10.7. The monoisotopic (exact) mass is 504 g/mol. The van der Waals surface area contributed by atoms with E-state index in [1.54, 1.807) is 0 Å². The summed E-state index contributed by atoms with van der Waals surface area (Å²) in [7, 11) is -4.42. The SMILES string of the molecule is CCN1C(=CC(C)=Cc2sc3ccccc3[n+]2CC)Sc2ccccc21.CCOS(=O)(=O)[O-]. The highest BCUT2D eigenvalue weighted by atomic mass is 32.3. The van der Waals surface area contributed by atoms with Crippen molar-refractivity contribution in [1.82, 2.24) is 0 Å². The molecule has 2 aromatic carbocycles. The molecular weight excluding hydrogens is 476 g/mol. The van der Waals surface area contributed by atoms with Crippen LogP contribution in [0.3, 0.4) is 0 Å². The number of thiazole rings is 1. The van der Waals surface area contributed by atoms with Crippen molar-refractivity contribution >= 4 is 55.5 Å². The van der Waals surface area contributed by atoms with Crippen LogP contribution in [0, 0.1) is 0 Å². The van der Waals surface area contributed by atoms with Gasteiger partial charge in [-0.3, -0.25) is 4.18 Å². The lowest BCUT2D eigenvalue weighted by atomic mass is 10.2. The fourth-order valence-electron chi connectivity index (χ4n) is 3.55. The van der Waals surface area contributed by atoms with Crippen molar-refractivity contribution in [2.75, 3.05) is 18.1 Å². The summed E-state index contributed by atoms with van der Waals surface area (Å²) in [6.07, 6.45) is 4.64. The minimum atomic E-state index is -4.42. The van der Waals surface area contributed by atoms with Gasteiger partial charge < -0.3 is 9.45 Å². The second-order valence-corrected chi connectivity index (χ2v) is 10.3. The molecule has 0 amide bonds. The van der Waals surface area contributed by atoms with Gasteiger partial charge in [-0.2, -0.15) is 4.57 Å². The number of aromatic nitrogens is 1. The molecule has 1 aromatic heterocycles. The van der Waals surface area contributed by atoms with Gasteiger partial charge in [-0.1, -0.05) is 47.4 Å². The van der Waals surface area contributed by atoms with Crippen LogP contribution in [0.15, 0.2) is 70.1 Å². The van der Waals surface area contributed by atoms with Gasteiger partial charge in [0.05, 0.1) is 17.3 Å². The number of aryl methyl sites for hydroxylation is 1. The first kappa shape index (κ1) is 25.5. The number of allylic oxidation sites excluding steroid dienone is 2. The van der Waals surface area contributed by atoms with Crippen molar-refractivity contribution in [2.45, 2.75) is 39.1 Å². The molecule has 0 saturated heterocycles. The molecule has 4 rings (SSSR count). The van der Waals surface area contributed by atoms with Crippen molar-refractivity contribution in [3.05, 3.63) is 70.2 Å². The Morgan fingerprint density at radius 1 is 1.12 bits per heavy atom. The van der Waals surface area contributed by atoms with E-state index < -0.39 is 10.4 Å². The van der Waals surface area contributed by atoms with Crippen LogP contribution in [0.2, 0.25) is 0 Å². The third-order valence-electron chi connectivity index (χ3n) is 4.87. The van der Waals surface area contributed by atoms with E-state index >= 15 is 0 Å². The van der Waals surface area contributed by atoms with Crippen molar-refractivity contribution in [1.29, 1.82) is 0 Å².